The quantitative estimate of drug-likeness (QED) is 0.243. The fraction of sp³-hybridized carbons (Fsp3) is 0.143. The Balaban J connectivity index is 1.34. The average molecular weight is 494 g/mol. The molecule has 0 aliphatic carbocycles. The van der Waals surface area contributed by atoms with Gasteiger partial charge in [-0.05, 0) is 65.7 Å². The minimum Gasteiger partial charge on any atom is -0.355 e. The van der Waals surface area contributed by atoms with Crippen LogP contribution in [0.5, 0.6) is 0 Å². The van der Waals surface area contributed by atoms with E-state index < -0.39 is 0 Å². The van der Waals surface area contributed by atoms with Crippen molar-refractivity contribution in [2.45, 2.75) is 19.3 Å². The van der Waals surface area contributed by atoms with Gasteiger partial charge in [0.25, 0.3) is 0 Å². The average Bonchev–Trinajstić information content (AvgIpc) is 3.48. The molecule has 1 aromatic heterocycles. The second-order valence-corrected chi connectivity index (χ2v) is 10.9. The summed E-state index contributed by atoms with van der Waals surface area (Å²) in [4.78, 5) is 4.72. The molecule has 0 saturated carbocycles. The highest BCUT2D eigenvalue weighted by Gasteiger charge is 2.28. The number of benzene rings is 5. The summed E-state index contributed by atoms with van der Waals surface area (Å²) in [6, 6.07) is 44.1. The van der Waals surface area contributed by atoms with Gasteiger partial charge in [-0.1, -0.05) is 80.6 Å². The second kappa shape index (κ2) is 8.53. The topological polar surface area (TPSA) is 11.4 Å². The third kappa shape index (κ3) is 3.42. The lowest BCUT2D eigenvalue weighted by Crippen LogP contribution is -2.25. The van der Waals surface area contributed by atoms with Crippen LogP contribution in [0.3, 0.4) is 0 Å². The number of anilines is 3. The van der Waals surface area contributed by atoms with Crippen LogP contribution in [-0.4, -0.2) is 18.3 Å². The molecule has 2 heterocycles. The predicted molar refractivity (Wildman–Crippen MR) is 161 cm³/mol. The van der Waals surface area contributed by atoms with Gasteiger partial charge in [0.2, 0.25) is 0 Å². The molecule has 5 aromatic carbocycles. The molecule has 0 radical (unpaired) electrons. The van der Waals surface area contributed by atoms with Crippen molar-refractivity contribution in [3.05, 3.63) is 132 Å². The van der Waals surface area contributed by atoms with E-state index in [1.807, 2.05) is 0 Å². The van der Waals surface area contributed by atoms with Crippen molar-refractivity contribution >= 4 is 38.9 Å². The molecule has 3 heteroatoms. The van der Waals surface area contributed by atoms with Crippen LogP contribution in [0.25, 0.3) is 27.5 Å². The zero-order valence-corrected chi connectivity index (χ0v) is 22.1. The van der Waals surface area contributed by atoms with E-state index in [-0.39, 0.29) is 5.41 Å². The zero-order valence-electron chi connectivity index (χ0n) is 22.1. The molecule has 0 N–H and O–H groups in total. The zero-order chi connectivity index (χ0) is 25.9. The molecular formula is C35H31N3. The summed E-state index contributed by atoms with van der Waals surface area (Å²) in [7, 11) is 2.16. The fourth-order valence-corrected chi connectivity index (χ4v) is 6.05. The van der Waals surface area contributed by atoms with Crippen molar-refractivity contribution in [1.29, 1.82) is 0 Å². The first-order chi connectivity index (χ1) is 18.5. The Morgan fingerprint density at radius 1 is 0.553 bits per heavy atom. The highest BCUT2D eigenvalue weighted by Crippen LogP contribution is 2.42. The minimum atomic E-state index is -0.161. The first-order valence-corrected chi connectivity index (χ1v) is 13.3. The van der Waals surface area contributed by atoms with Gasteiger partial charge in [0.15, 0.2) is 0 Å². The molecule has 3 nitrogen and oxygen atoms in total. The molecule has 0 fully saturated rings. The van der Waals surface area contributed by atoms with Crippen molar-refractivity contribution in [2.24, 2.45) is 0 Å². The Morgan fingerprint density at radius 3 is 2.05 bits per heavy atom. The van der Waals surface area contributed by atoms with E-state index in [9.17, 15) is 0 Å². The summed E-state index contributed by atoms with van der Waals surface area (Å²) in [5, 5.41) is 2.58. The molecule has 38 heavy (non-hydrogen) atoms. The van der Waals surface area contributed by atoms with Crippen molar-refractivity contribution in [1.82, 2.24) is 4.57 Å². The van der Waals surface area contributed by atoms with Crippen molar-refractivity contribution < 1.29 is 0 Å². The molecule has 0 bridgehead atoms. The van der Waals surface area contributed by atoms with Crippen LogP contribution in [0, 0.1) is 0 Å². The normalized spacial score (nSPS) is 13.4. The van der Waals surface area contributed by atoms with E-state index in [1.165, 1.54) is 55.7 Å². The molecule has 186 valence electrons. The van der Waals surface area contributed by atoms with Gasteiger partial charge in [0.1, 0.15) is 0 Å². The first kappa shape index (κ1) is 22.7. The molecule has 0 atom stereocenters. The highest BCUT2D eigenvalue weighted by atomic mass is 15.4. The third-order valence-corrected chi connectivity index (χ3v) is 8.23. The van der Waals surface area contributed by atoms with E-state index >= 15 is 0 Å². The van der Waals surface area contributed by atoms with E-state index in [1.54, 1.807) is 0 Å². The maximum Gasteiger partial charge on any atom is 0.0950 e. The smallest absolute Gasteiger partial charge is 0.0950 e. The van der Waals surface area contributed by atoms with Crippen LogP contribution in [0.15, 0.2) is 121 Å². The minimum absolute atomic E-state index is 0.161. The highest BCUT2D eigenvalue weighted by molar-refractivity contribution is 6.09. The number of para-hydroxylation sites is 4. The Kier molecular flexibility index (Phi) is 5.09. The van der Waals surface area contributed by atoms with Crippen molar-refractivity contribution in [3.8, 4) is 5.69 Å². The lowest BCUT2D eigenvalue weighted by atomic mass is 9.77. The molecule has 0 unspecified atom stereocenters. The summed E-state index contributed by atoms with van der Waals surface area (Å²) in [5.74, 6) is 0. The Morgan fingerprint density at radius 2 is 1.21 bits per heavy atom. The summed E-state index contributed by atoms with van der Waals surface area (Å²) in [5.41, 5.74) is 9.90. The lowest BCUT2D eigenvalue weighted by Gasteiger charge is -2.28. The number of nitrogens with zero attached hydrogens (tertiary/aromatic N) is 3. The number of aromatic nitrogens is 1. The van der Waals surface area contributed by atoms with Crippen LogP contribution in [0.2, 0.25) is 0 Å². The standard InChI is InChI=1S/C35H31N3/c1-35(2,25-12-11-15-28(22-25)37-24-36(3)33-18-9-10-19-34(33)37)26-20-21-32-30(23-26)29-16-7-8-17-31(29)38(32)27-13-5-4-6-14-27/h4-23H,24H2,1-3H3. The number of rotatable bonds is 4. The van der Waals surface area contributed by atoms with Gasteiger partial charge < -0.3 is 14.4 Å². The summed E-state index contributed by atoms with van der Waals surface area (Å²) in [6.07, 6.45) is 0. The SMILES string of the molecule is CN1CN(c2cccc(C(C)(C)c3ccc4c(c3)c3ccccc3n4-c3ccccc3)c2)c2ccccc21. The molecule has 0 amide bonds. The summed E-state index contributed by atoms with van der Waals surface area (Å²) >= 11 is 0. The molecule has 0 saturated heterocycles. The number of hydrogen-bond donors (Lipinski definition) is 0. The van der Waals surface area contributed by atoms with Gasteiger partial charge in [-0.25, -0.2) is 0 Å². The van der Waals surface area contributed by atoms with E-state index in [0.717, 1.165) is 6.67 Å². The Hall–Kier alpha value is -4.50. The Bertz CT molecular complexity index is 1800. The first-order valence-electron chi connectivity index (χ1n) is 13.3. The van der Waals surface area contributed by atoms with Crippen molar-refractivity contribution in [2.75, 3.05) is 23.5 Å². The maximum absolute atomic E-state index is 2.41. The second-order valence-electron chi connectivity index (χ2n) is 10.9. The van der Waals surface area contributed by atoms with Crippen LogP contribution >= 0.6 is 0 Å². The maximum atomic E-state index is 2.41. The fourth-order valence-electron chi connectivity index (χ4n) is 6.05. The van der Waals surface area contributed by atoms with Gasteiger partial charge >= 0.3 is 0 Å². The molecule has 1 aliphatic rings. The molecule has 6 aromatic rings. The van der Waals surface area contributed by atoms with Gasteiger partial charge in [-0.3, -0.25) is 0 Å². The predicted octanol–water partition coefficient (Wildman–Crippen LogP) is 8.66. The van der Waals surface area contributed by atoms with Gasteiger partial charge in [0, 0.05) is 34.6 Å². The van der Waals surface area contributed by atoms with Crippen LogP contribution in [-0.2, 0) is 5.41 Å². The molecule has 1 aliphatic heterocycles. The van der Waals surface area contributed by atoms with E-state index in [4.69, 9.17) is 0 Å². The molecule has 0 spiro atoms. The Labute approximate surface area is 224 Å². The van der Waals surface area contributed by atoms with Gasteiger partial charge in [-0.2, -0.15) is 0 Å². The molecule has 7 rings (SSSR count). The van der Waals surface area contributed by atoms with E-state index in [2.05, 4.69) is 157 Å². The van der Waals surface area contributed by atoms with Crippen LogP contribution < -0.4 is 9.80 Å². The van der Waals surface area contributed by atoms with E-state index in [0.29, 0.717) is 0 Å². The number of fused-ring (bicyclic) bond motifs is 4. The van der Waals surface area contributed by atoms with Crippen molar-refractivity contribution in [3.63, 3.8) is 0 Å². The van der Waals surface area contributed by atoms with Gasteiger partial charge in [-0.15, -0.1) is 0 Å². The van der Waals surface area contributed by atoms with Crippen LogP contribution in [0.4, 0.5) is 17.1 Å². The largest absolute Gasteiger partial charge is 0.355 e. The van der Waals surface area contributed by atoms with Gasteiger partial charge in [0.05, 0.1) is 29.1 Å². The molecular weight excluding hydrogens is 462 g/mol. The monoisotopic (exact) mass is 493 g/mol. The van der Waals surface area contributed by atoms with Crippen LogP contribution in [0.1, 0.15) is 25.0 Å². The lowest BCUT2D eigenvalue weighted by molar-refractivity contribution is 0.641. The summed E-state index contributed by atoms with van der Waals surface area (Å²) in [6.45, 7) is 5.54. The summed E-state index contributed by atoms with van der Waals surface area (Å²) < 4.78 is 2.38. The number of hydrogen-bond acceptors (Lipinski definition) is 2. The third-order valence-electron chi connectivity index (χ3n) is 8.23.